The third-order valence-electron chi connectivity index (χ3n) is 8.47. The lowest BCUT2D eigenvalue weighted by molar-refractivity contribution is -0.261. The Hall–Kier alpha value is -2.98. The van der Waals surface area contributed by atoms with Gasteiger partial charge in [-0.2, -0.15) is 13.2 Å². The maximum absolute atomic E-state index is 14.1. The molecule has 41 heavy (non-hydrogen) atoms. The summed E-state index contributed by atoms with van der Waals surface area (Å²) >= 11 is 6.42. The maximum atomic E-state index is 14.1. The smallest absolute Gasteiger partial charge is 0.430 e. The summed E-state index contributed by atoms with van der Waals surface area (Å²) in [4.78, 5) is 28.6. The van der Waals surface area contributed by atoms with E-state index in [2.05, 4.69) is 10.2 Å². The predicted molar refractivity (Wildman–Crippen MR) is 151 cm³/mol. The lowest BCUT2D eigenvalue weighted by Crippen LogP contribution is -2.55. The minimum atomic E-state index is -5.21. The molecule has 1 spiro atoms. The zero-order chi connectivity index (χ0) is 30.2. The van der Waals surface area contributed by atoms with E-state index < -0.39 is 23.2 Å². The number of methoxy groups -OCH3 is 1. The Labute approximate surface area is 243 Å². The van der Waals surface area contributed by atoms with E-state index in [1.165, 1.54) is 26.3 Å². The molecule has 1 unspecified atom stereocenters. The highest BCUT2D eigenvalue weighted by Gasteiger charge is 2.62. The molecule has 0 radical (unpaired) electrons. The average molecular weight is 596 g/mol. The second kappa shape index (κ2) is 11.7. The molecule has 2 aliphatic rings. The van der Waals surface area contributed by atoms with Crippen LogP contribution < -0.4 is 15.0 Å². The number of hydrogen-bond acceptors (Lipinski definition) is 5. The summed E-state index contributed by atoms with van der Waals surface area (Å²) in [6, 6.07) is 10.3. The SMILES string of the molecule is COc1cccc(C(O)(C(=O)N(C)CC[C@@H]2CC23CCN(c2ccc(C(=O)NC(C)C)c(Cl)c2)CC3)C(F)(F)F)c1. The molecule has 2 N–H and O–H groups in total. The first-order valence-corrected chi connectivity index (χ1v) is 14.1. The number of carbonyl (C=O) groups is 2. The molecule has 1 aliphatic carbocycles. The lowest BCUT2D eigenvalue weighted by atomic mass is 9.89. The van der Waals surface area contributed by atoms with Gasteiger partial charge in [0.25, 0.3) is 17.4 Å². The van der Waals surface area contributed by atoms with E-state index in [1.807, 2.05) is 26.0 Å². The van der Waals surface area contributed by atoms with Crippen molar-refractivity contribution in [1.82, 2.24) is 10.2 Å². The molecule has 1 aliphatic heterocycles. The number of rotatable bonds is 9. The maximum Gasteiger partial charge on any atom is 0.430 e. The van der Waals surface area contributed by atoms with Crippen LogP contribution in [-0.4, -0.2) is 67.8 Å². The third-order valence-corrected chi connectivity index (χ3v) is 8.78. The number of piperidine rings is 1. The zero-order valence-corrected chi connectivity index (χ0v) is 24.5. The van der Waals surface area contributed by atoms with Gasteiger partial charge in [0, 0.05) is 44.0 Å². The molecule has 1 saturated carbocycles. The number of amides is 2. The van der Waals surface area contributed by atoms with Crippen molar-refractivity contribution in [1.29, 1.82) is 0 Å². The molecule has 0 bridgehead atoms. The summed E-state index contributed by atoms with van der Waals surface area (Å²) < 4.78 is 47.2. The van der Waals surface area contributed by atoms with Gasteiger partial charge in [-0.1, -0.05) is 23.7 Å². The standard InChI is InChI=1S/C30H37ClF3N3O4/c1-19(2)35-26(38)24-9-8-22(17-25(24)31)37-14-11-28(12-15-37)18-21(28)10-13-36(3)27(39)29(40,30(32,33)34)20-6-5-7-23(16-20)41-4/h5-9,16-17,19,21,40H,10-15,18H2,1-4H3,(H,35,38)/t21-,29?/m1/s1. The van der Waals surface area contributed by atoms with E-state index >= 15 is 0 Å². The number of alkyl halides is 3. The second-order valence-electron chi connectivity index (χ2n) is 11.5. The van der Waals surface area contributed by atoms with Crippen LogP contribution in [-0.2, 0) is 10.4 Å². The number of halogens is 4. The third kappa shape index (κ3) is 6.28. The Morgan fingerprint density at radius 1 is 1.20 bits per heavy atom. The van der Waals surface area contributed by atoms with E-state index in [0.29, 0.717) is 22.9 Å². The molecule has 0 aromatic heterocycles. The van der Waals surface area contributed by atoms with Crippen LogP contribution in [0.25, 0.3) is 0 Å². The van der Waals surface area contributed by atoms with Crippen LogP contribution in [0.1, 0.15) is 55.5 Å². The van der Waals surface area contributed by atoms with Crippen molar-refractivity contribution in [3.05, 3.63) is 58.6 Å². The van der Waals surface area contributed by atoms with Gasteiger partial charge < -0.3 is 25.0 Å². The summed E-state index contributed by atoms with van der Waals surface area (Å²) in [7, 11) is 2.60. The number of aliphatic hydroxyl groups is 1. The molecule has 2 aromatic rings. The fraction of sp³-hybridized carbons (Fsp3) is 0.533. The Bertz CT molecular complexity index is 1280. The van der Waals surface area contributed by atoms with Gasteiger partial charge in [-0.05, 0) is 81.2 Å². The average Bonchev–Trinajstić information content (AvgIpc) is 3.60. The summed E-state index contributed by atoms with van der Waals surface area (Å²) in [6.45, 7) is 5.46. The highest BCUT2D eigenvalue weighted by atomic mass is 35.5. The van der Waals surface area contributed by atoms with Crippen molar-refractivity contribution in [2.45, 2.75) is 57.3 Å². The van der Waals surface area contributed by atoms with Crippen molar-refractivity contribution < 1.29 is 32.6 Å². The van der Waals surface area contributed by atoms with E-state index in [-0.39, 0.29) is 29.7 Å². The van der Waals surface area contributed by atoms with Gasteiger partial charge in [0.1, 0.15) is 5.75 Å². The predicted octanol–water partition coefficient (Wildman–Crippen LogP) is 5.39. The molecule has 4 rings (SSSR count). The minimum absolute atomic E-state index is 0.00436. The fourth-order valence-corrected chi connectivity index (χ4v) is 6.13. The van der Waals surface area contributed by atoms with Gasteiger partial charge in [0.05, 0.1) is 17.7 Å². The topological polar surface area (TPSA) is 82.1 Å². The van der Waals surface area contributed by atoms with Crippen molar-refractivity contribution in [2.24, 2.45) is 11.3 Å². The first-order chi connectivity index (χ1) is 19.2. The van der Waals surface area contributed by atoms with Gasteiger partial charge >= 0.3 is 6.18 Å². The number of benzene rings is 2. The van der Waals surface area contributed by atoms with Crippen molar-refractivity contribution in [2.75, 3.05) is 38.7 Å². The van der Waals surface area contributed by atoms with Crippen LogP contribution in [0.3, 0.4) is 0 Å². The largest absolute Gasteiger partial charge is 0.497 e. The molecular formula is C30H37ClF3N3O4. The fourth-order valence-electron chi connectivity index (χ4n) is 5.87. The van der Waals surface area contributed by atoms with Gasteiger partial charge in [0.2, 0.25) is 0 Å². The quantitative estimate of drug-likeness (QED) is 0.406. The Morgan fingerprint density at radius 2 is 1.88 bits per heavy atom. The number of carbonyl (C=O) groups excluding carboxylic acids is 2. The number of nitrogens with one attached hydrogen (secondary N) is 1. The van der Waals surface area contributed by atoms with Crippen LogP contribution in [0.2, 0.25) is 5.02 Å². The lowest BCUT2D eigenvalue weighted by Gasteiger charge is -2.35. The molecule has 11 heteroatoms. The Morgan fingerprint density at radius 3 is 2.46 bits per heavy atom. The molecule has 2 atom stereocenters. The molecular weight excluding hydrogens is 559 g/mol. The summed E-state index contributed by atoms with van der Waals surface area (Å²) in [5, 5.41) is 14.0. The first-order valence-electron chi connectivity index (χ1n) is 13.8. The first kappa shape index (κ1) is 31.0. The Balaban J connectivity index is 1.34. The van der Waals surface area contributed by atoms with Crippen LogP contribution in [0.15, 0.2) is 42.5 Å². The molecule has 1 heterocycles. The highest BCUT2D eigenvalue weighted by Crippen LogP contribution is 2.61. The van der Waals surface area contributed by atoms with E-state index in [1.54, 1.807) is 6.07 Å². The van der Waals surface area contributed by atoms with Gasteiger partial charge in [-0.3, -0.25) is 9.59 Å². The van der Waals surface area contributed by atoms with E-state index in [9.17, 15) is 27.9 Å². The number of hydrogen-bond donors (Lipinski definition) is 2. The number of anilines is 1. The molecule has 2 aromatic carbocycles. The summed E-state index contributed by atoms with van der Waals surface area (Å²) in [5.74, 6) is -1.22. The van der Waals surface area contributed by atoms with E-state index in [0.717, 1.165) is 55.1 Å². The van der Waals surface area contributed by atoms with E-state index in [4.69, 9.17) is 16.3 Å². The van der Waals surface area contributed by atoms with Crippen molar-refractivity contribution in [3.63, 3.8) is 0 Å². The van der Waals surface area contributed by atoms with Crippen LogP contribution in [0.5, 0.6) is 5.75 Å². The van der Waals surface area contributed by atoms with Gasteiger partial charge in [0.15, 0.2) is 0 Å². The molecule has 1 saturated heterocycles. The normalized spacial score (nSPS) is 19.6. The summed E-state index contributed by atoms with van der Waals surface area (Å²) in [5.41, 5.74) is -2.77. The van der Waals surface area contributed by atoms with Crippen LogP contribution in [0, 0.1) is 11.3 Å². The van der Waals surface area contributed by atoms with Gasteiger partial charge in [-0.15, -0.1) is 0 Å². The zero-order valence-electron chi connectivity index (χ0n) is 23.7. The number of likely N-dealkylation sites (N-methyl/N-ethyl adjacent to an activating group) is 1. The van der Waals surface area contributed by atoms with Crippen molar-refractivity contribution in [3.8, 4) is 5.75 Å². The molecule has 2 amide bonds. The number of nitrogens with zero attached hydrogens (tertiary/aromatic N) is 2. The van der Waals surface area contributed by atoms with Gasteiger partial charge in [-0.25, -0.2) is 0 Å². The monoisotopic (exact) mass is 595 g/mol. The Kier molecular flexibility index (Phi) is 8.85. The van der Waals surface area contributed by atoms with Crippen LogP contribution >= 0.6 is 11.6 Å². The molecule has 7 nitrogen and oxygen atoms in total. The number of ether oxygens (including phenoxy) is 1. The second-order valence-corrected chi connectivity index (χ2v) is 11.9. The summed E-state index contributed by atoms with van der Waals surface area (Å²) in [6.07, 6.45) is -1.87. The van der Waals surface area contributed by atoms with Crippen molar-refractivity contribution >= 4 is 29.1 Å². The molecule has 2 fully saturated rings. The highest BCUT2D eigenvalue weighted by molar-refractivity contribution is 6.34. The minimum Gasteiger partial charge on any atom is -0.497 e. The molecule has 224 valence electrons. The van der Waals surface area contributed by atoms with Crippen LogP contribution in [0.4, 0.5) is 18.9 Å².